The zero-order valence-corrected chi connectivity index (χ0v) is 10.9. The van der Waals surface area contributed by atoms with Gasteiger partial charge in [0.1, 0.15) is 5.75 Å². The number of methoxy groups -OCH3 is 1. The molecule has 1 unspecified atom stereocenters. The summed E-state index contributed by atoms with van der Waals surface area (Å²) in [4.78, 5) is 0. The second-order valence-corrected chi connectivity index (χ2v) is 4.57. The summed E-state index contributed by atoms with van der Waals surface area (Å²) in [5, 5.41) is 0. The molecule has 1 aromatic rings. The fourth-order valence-electron chi connectivity index (χ4n) is 2.15. The maximum atomic E-state index is 5.76. The van der Waals surface area contributed by atoms with Crippen LogP contribution in [0.3, 0.4) is 0 Å². The Kier molecular flexibility index (Phi) is 4.84. The van der Waals surface area contributed by atoms with E-state index in [1.54, 1.807) is 7.11 Å². The van der Waals surface area contributed by atoms with Crippen LogP contribution in [0, 0.1) is 0 Å². The molecule has 1 aliphatic heterocycles. The van der Waals surface area contributed by atoms with Gasteiger partial charge in [0.2, 0.25) is 0 Å². The van der Waals surface area contributed by atoms with Gasteiger partial charge in [-0.3, -0.25) is 0 Å². The molecule has 0 amide bonds. The summed E-state index contributed by atoms with van der Waals surface area (Å²) >= 11 is 0. The van der Waals surface area contributed by atoms with Crippen molar-refractivity contribution in [3.8, 4) is 5.75 Å². The highest BCUT2D eigenvalue weighted by molar-refractivity contribution is 5.47. The molecule has 1 fully saturated rings. The van der Waals surface area contributed by atoms with Crippen molar-refractivity contribution in [3.05, 3.63) is 23.8 Å². The maximum Gasteiger partial charge on any atom is 0.124 e. The number of hydrogen-bond donors (Lipinski definition) is 1. The van der Waals surface area contributed by atoms with Crippen LogP contribution < -0.4 is 10.5 Å². The average molecular weight is 251 g/mol. The van der Waals surface area contributed by atoms with Crippen LogP contribution in [0.2, 0.25) is 0 Å². The first kappa shape index (κ1) is 13.2. The van der Waals surface area contributed by atoms with E-state index in [1.807, 2.05) is 18.2 Å². The van der Waals surface area contributed by atoms with E-state index in [0.717, 1.165) is 30.0 Å². The molecule has 0 spiro atoms. The molecule has 4 heteroatoms. The van der Waals surface area contributed by atoms with E-state index in [9.17, 15) is 0 Å². The summed E-state index contributed by atoms with van der Waals surface area (Å²) in [5.41, 5.74) is 7.47. The number of nitrogen functional groups attached to an aromatic ring is 1. The van der Waals surface area contributed by atoms with Crippen LogP contribution in [-0.2, 0) is 16.1 Å². The summed E-state index contributed by atoms with van der Waals surface area (Å²) in [6.45, 7) is 2.00. The van der Waals surface area contributed by atoms with Gasteiger partial charge in [0.25, 0.3) is 0 Å². The SMILES string of the molecule is COc1ccc(N)cc1COCC1CCCCO1. The van der Waals surface area contributed by atoms with Gasteiger partial charge in [0.05, 0.1) is 26.4 Å². The van der Waals surface area contributed by atoms with Crippen molar-refractivity contribution >= 4 is 5.69 Å². The second-order valence-electron chi connectivity index (χ2n) is 4.57. The molecule has 0 radical (unpaired) electrons. The van der Waals surface area contributed by atoms with Crippen molar-refractivity contribution in [1.29, 1.82) is 0 Å². The lowest BCUT2D eigenvalue weighted by Crippen LogP contribution is -2.24. The fourth-order valence-corrected chi connectivity index (χ4v) is 2.15. The predicted molar refractivity (Wildman–Crippen MR) is 70.7 cm³/mol. The molecule has 0 aromatic heterocycles. The third-order valence-electron chi connectivity index (χ3n) is 3.14. The maximum absolute atomic E-state index is 5.76. The summed E-state index contributed by atoms with van der Waals surface area (Å²) in [5.74, 6) is 0.814. The zero-order chi connectivity index (χ0) is 12.8. The Morgan fingerprint density at radius 1 is 1.39 bits per heavy atom. The van der Waals surface area contributed by atoms with Crippen LogP contribution >= 0.6 is 0 Å². The third kappa shape index (κ3) is 3.62. The van der Waals surface area contributed by atoms with Gasteiger partial charge in [-0.1, -0.05) is 0 Å². The molecule has 18 heavy (non-hydrogen) atoms. The first-order valence-electron chi connectivity index (χ1n) is 6.41. The Morgan fingerprint density at radius 2 is 2.28 bits per heavy atom. The normalized spacial score (nSPS) is 19.7. The number of benzene rings is 1. The largest absolute Gasteiger partial charge is 0.496 e. The molecule has 0 aliphatic carbocycles. The summed E-state index contributed by atoms with van der Waals surface area (Å²) in [6.07, 6.45) is 3.73. The van der Waals surface area contributed by atoms with Crippen molar-refractivity contribution < 1.29 is 14.2 Å². The molecule has 1 aliphatic rings. The Hall–Kier alpha value is -1.26. The van der Waals surface area contributed by atoms with E-state index in [4.69, 9.17) is 19.9 Å². The van der Waals surface area contributed by atoms with Crippen molar-refractivity contribution in [1.82, 2.24) is 0 Å². The Bertz CT molecular complexity index is 375. The number of rotatable bonds is 5. The topological polar surface area (TPSA) is 53.7 Å². The van der Waals surface area contributed by atoms with Crippen molar-refractivity contribution in [2.24, 2.45) is 0 Å². The predicted octanol–water partition coefficient (Wildman–Crippen LogP) is 2.36. The molecule has 1 aromatic carbocycles. The zero-order valence-electron chi connectivity index (χ0n) is 10.9. The minimum Gasteiger partial charge on any atom is -0.496 e. The van der Waals surface area contributed by atoms with Gasteiger partial charge in [-0.05, 0) is 37.5 Å². The molecule has 100 valence electrons. The van der Waals surface area contributed by atoms with Gasteiger partial charge in [-0.15, -0.1) is 0 Å². The van der Waals surface area contributed by atoms with Gasteiger partial charge in [-0.25, -0.2) is 0 Å². The number of ether oxygens (including phenoxy) is 3. The van der Waals surface area contributed by atoms with Gasteiger partial charge >= 0.3 is 0 Å². The van der Waals surface area contributed by atoms with E-state index in [-0.39, 0.29) is 6.10 Å². The minimum absolute atomic E-state index is 0.241. The van der Waals surface area contributed by atoms with Crippen LogP contribution in [0.1, 0.15) is 24.8 Å². The molecule has 1 saturated heterocycles. The number of hydrogen-bond acceptors (Lipinski definition) is 4. The Labute approximate surface area is 108 Å². The number of nitrogens with two attached hydrogens (primary N) is 1. The highest BCUT2D eigenvalue weighted by Crippen LogP contribution is 2.22. The second kappa shape index (κ2) is 6.61. The first-order chi connectivity index (χ1) is 8.79. The van der Waals surface area contributed by atoms with Gasteiger partial charge in [-0.2, -0.15) is 0 Å². The van der Waals surface area contributed by atoms with Gasteiger partial charge in [0.15, 0.2) is 0 Å². The summed E-state index contributed by atoms with van der Waals surface area (Å²) < 4.78 is 16.6. The van der Waals surface area contributed by atoms with E-state index in [0.29, 0.717) is 13.2 Å². The van der Waals surface area contributed by atoms with Gasteiger partial charge < -0.3 is 19.9 Å². The minimum atomic E-state index is 0.241. The van der Waals surface area contributed by atoms with E-state index in [2.05, 4.69) is 0 Å². The molecule has 1 atom stereocenters. The van der Waals surface area contributed by atoms with E-state index in [1.165, 1.54) is 12.8 Å². The van der Waals surface area contributed by atoms with Crippen molar-refractivity contribution in [2.75, 3.05) is 26.1 Å². The third-order valence-corrected chi connectivity index (χ3v) is 3.14. The molecule has 1 heterocycles. The Morgan fingerprint density at radius 3 is 3.00 bits per heavy atom. The van der Waals surface area contributed by atoms with Crippen LogP contribution in [0.15, 0.2) is 18.2 Å². The standard InChI is InChI=1S/C14H21NO3/c1-16-14-6-5-12(15)8-11(14)9-17-10-13-4-2-3-7-18-13/h5-6,8,13H,2-4,7,9-10,15H2,1H3. The smallest absolute Gasteiger partial charge is 0.124 e. The average Bonchev–Trinajstić information content (AvgIpc) is 2.40. The lowest BCUT2D eigenvalue weighted by Gasteiger charge is -2.22. The van der Waals surface area contributed by atoms with Crippen LogP contribution in [0.25, 0.3) is 0 Å². The molecule has 2 N–H and O–H groups in total. The monoisotopic (exact) mass is 251 g/mol. The fraction of sp³-hybridized carbons (Fsp3) is 0.571. The molecule has 0 bridgehead atoms. The lowest BCUT2D eigenvalue weighted by atomic mass is 10.1. The summed E-state index contributed by atoms with van der Waals surface area (Å²) in [6, 6.07) is 5.58. The van der Waals surface area contributed by atoms with Crippen LogP contribution in [0.5, 0.6) is 5.75 Å². The molecule has 0 saturated carbocycles. The van der Waals surface area contributed by atoms with Crippen molar-refractivity contribution in [2.45, 2.75) is 32.0 Å². The summed E-state index contributed by atoms with van der Waals surface area (Å²) in [7, 11) is 1.65. The van der Waals surface area contributed by atoms with Gasteiger partial charge in [0, 0.05) is 17.9 Å². The molecule has 4 nitrogen and oxygen atoms in total. The first-order valence-corrected chi connectivity index (χ1v) is 6.41. The molecular weight excluding hydrogens is 230 g/mol. The molecular formula is C14H21NO3. The quantitative estimate of drug-likeness (QED) is 0.816. The van der Waals surface area contributed by atoms with Crippen LogP contribution in [-0.4, -0.2) is 26.4 Å². The Balaban J connectivity index is 1.83. The van der Waals surface area contributed by atoms with Crippen LogP contribution in [0.4, 0.5) is 5.69 Å². The highest BCUT2D eigenvalue weighted by atomic mass is 16.5. The highest BCUT2D eigenvalue weighted by Gasteiger charge is 2.14. The van der Waals surface area contributed by atoms with Crippen molar-refractivity contribution in [3.63, 3.8) is 0 Å². The lowest BCUT2D eigenvalue weighted by molar-refractivity contribution is -0.0449. The number of anilines is 1. The molecule has 2 rings (SSSR count). The van der Waals surface area contributed by atoms with E-state index < -0.39 is 0 Å². The van der Waals surface area contributed by atoms with E-state index >= 15 is 0 Å².